The Labute approximate surface area is 196 Å². The lowest BCUT2D eigenvalue weighted by Gasteiger charge is -2.41. The number of para-hydroxylation sites is 1. The second-order valence-corrected chi connectivity index (χ2v) is 9.06. The molecule has 176 valence electrons. The van der Waals surface area contributed by atoms with Gasteiger partial charge in [0.15, 0.2) is 0 Å². The van der Waals surface area contributed by atoms with Crippen LogP contribution in [-0.4, -0.2) is 43.5 Å². The number of amides is 2. The third kappa shape index (κ3) is 5.32. The van der Waals surface area contributed by atoms with E-state index in [1.807, 2.05) is 17.9 Å². The molecule has 2 atom stereocenters. The molecule has 0 radical (unpaired) electrons. The Hall–Kier alpha value is -3.02. The van der Waals surface area contributed by atoms with Gasteiger partial charge in [-0.2, -0.15) is 0 Å². The first-order chi connectivity index (χ1) is 16.1. The van der Waals surface area contributed by atoms with E-state index in [1.165, 1.54) is 25.7 Å². The molecule has 6 heteroatoms. The van der Waals surface area contributed by atoms with E-state index in [-0.39, 0.29) is 11.8 Å². The van der Waals surface area contributed by atoms with Gasteiger partial charge in [0.1, 0.15) is 11.5 Å². The molecule has 2 aliphatic rings. The van der Waals surface area contributed by atoms with Gasteiger partial charge in [-0.05, 0) is 55.4 Å². The van der Waals surface area contributed by atoms with Crippen molar-refractivity contribution >= 4 is 17.5 Å². The summed E-state index contributed by atoms with van der Waals surface area (Å²) in [7, 11) is 1.54. The van der Waals surface area contributed by atoms with Crippen LogP contribution in [0.1, 0.15) is 66.2 Å². The maximum absolute atomic E-state index is 13.4. The topological polar surface area (TPSA) is 67.9 Å². The molecule has 4 rings (SSSR count). The minimum atomic E-state index is -0.271. The summed E-state index contributed by atoms with van der Waals surface area (Å²) in [5, 5.41) is 2.91. The molecular formula is C27H34N2O4. The number of hydrogen-bond donors (Lipinski definition) is 1. The number of likely N-dealkylation sites (tertiary alicyclic amines) is 1. The summed E-state index contributed by atoms with van der Waals surface area (Å²) in [6, 6.07) is 12.4. The Morgan fingerprint density at radius 1 is 1.00 bits per heavy atom. The van der Waals surface area contributed by atoms with Crippen LogP contribution in [0.2, 0.25) is 0 Å². The van der Waals surface area contributed by atoms with Gasteiger partial charge < -0.3 is 19.7 Å². The summed E-state index contributed by atoms with van der Waals surface area (Å²) in [6.07, 6.45) is 7.05. The molecule has 1 heterocycles. The predicted molar refractivity (Wildman–Crippen MR) is 129 cm³/mol. The lowest BCUT2D eigenvalue weighted by atomic mass is 9.75. The molecule has 1 aliphatic carbocycles. The first kappa shape index (κ1) is 23.1. The fourth-order valence-corrected chi connectivity index (χ4v) is 5.09. The van der Waals surface area contributed by atoms with Crippen LogP contribution in [0.4, 0.5) is 5.69 Å². The van der Waals surface area contributed by atoms with Crippen LogP contribution in [0.3, 0.4) is 0 Å². The van der Waals surface area contributed by atoms with Gasteiger partial charge in [0.2, 0.25) is 0 Å². The molecule has 0 aromatic heterocycles. The molecule has 2 aromatic rings. The molecule has 2 aromatic carbocycles. The van der Waals surface area contributed by atoms with Gasteiger partial charge in [-0.3, -0.25) is 9.59 Å². The molecule has 2 fully saturated rings. The second-order valence-electron chi connectivity index (χ2n) is 9.06. The third-order valence-electron chi connectivity index (χ3n) is 6.86. The number of hydrogen-bond acceptors (Lipinski definition) is 4. The highest BCUT2D eigenvalue weighted by atomic mass is 16.5. The fourth-order valence-electron chi connectivity index (χ4n) is 5.09. The molecule has 0 bridgehead atoms. The Morgan fingerprint density at radius 3 is 2.58 bits per heavy atom. The Morgan fingerprint density at radius 2 is 1.79 bits per heavy atom. The van der Waals surface area contributed by atoms with Crippen molar-refractivity contribution in [3.63, 3.8) is 0 Å². The average molecular weight is 451 g/mol. The van der Waals surface area contributed by atoms with Gasteiger partial charge in [0.05, 0.1) is 24.8 Å². The smallest absolute Gasteiger partial charge is 0.259 e. The molecule has 2 amide bonds. The van der Waals surface area contributed by atoms with Crippen molar-refractivity contribution in [2.24, 2.45) is 11.8 Å². The number of benzene rings is 2. The zero-order chi connectivity index (χ0) is 23.2. The second kappa shape index (κ2) is 10.7. The summed E-state index contributed by atoms with van der Waals surface area (Å²) >= 11 is 0. The molecule has 1 saturated heterocycles. The van der Waals surface area contributed by atoms with Gasteiger partial charge in [-0.25, -0.2) is 0 Å². The minimum Gasteiger partial charge on any atom is -0.496 e. The van der Waals surface area contributed by atoms with E-state index < -0.39 is 0 Å². The first-order valence-corrected chi connectivity index (χ1v) is 12.1. The van der Waals surface area contributed by atoms with E-state index in [4.69, 9.17) is 9.47 Å². The van der Waals surface area contributed by atoms with Crippen LogP contribution in [0, 0.1) is 11.8 Å². The Bertz CT molecular complexity index is 990. The highest BCUT2D eigenvalue weighted by Crippen LogP contribution is 2.37. The molecule has 0 spiro atoms. The zero-order valence-electron chi connectivity index (χ0n) is 19.6. The number of carbonyl (C=O) groups excluding carboxylic acids is 2. The van der Waals surface area contributed by atoms with Crippen molar-refractivity contribution in [3.05, 3.63) is 53.6 Å². The average Bonchev–Trinajstić information content (AvgIpc) is 2.86. The predicted octanol–water partition coefficient (Wildman–Crippen LogP) is 5.39. The number of ether oxygens (including phenoxy) is 2. The van der Waals surface area contributed by atoms with Gasteiger partial charge in [0.25, 0.3) is 11.8 Å². The molecule has 2 unspecified atom stereocenters. The highest BCUT2D eigenvalue weighted by Gasteiger charge is 2.34. The monoisotopic (exact) mass is 450 g/mol. The van der Waals surface area contributed by atoms with E-state index in [0.717, 1.165) is 31.8 Å². The standard InChI is InChI=1S/C27H34N2O4/c1-3-16-33-25-17-21(28-26(30)22-10-6-7-11-24(22)32-2)12-13-23(25)27(31)29-15-14-19-8-4-5-9-20(19)18-29/h6-7,10-13,17,19-20H,3-5,8-9,14-16,18H2,1-2H3,(H,28,30). The summed E-state index contributed by atoms with van der Waals surface area (Å²) in [5.74, 6) is 2.17. The molecule has 1 N–H and O–H groups in total. The lowest BCUT2D eigenvalue weighted by Crippen LogP contribution is -2.44. The maximum atomic E-state index is 13.4. The summed E-state index contributed by atoms with van der Waals surface area (Å²) in [5.41, 5.74) is 1.60. The Balaban J connectivity index is 1.52. The SMILES string of the molecule is CCCOc1cc(NC(=O)c2ccccc2OC)ccc1C(=O)N1CCC2CCCCC2C1. The number of carbonyl (C=O) groups is 2. The van der Waals surface area contributed by atoms with Crippen molar-refractivity contribution in [3.8, 4) is 11.5 Å². The molecule has 6 nitrogen and oxygen atoms in total. The number of fused-ring (bicyclic) bond motifs is 1. The van der Waals surface area contributed by atoms with Crippen molar-refractivity contribution < 1.29 is 19.1 Å². The van der Waals surface area contributed by atoms with Crippen molar-refractivity contribution in [2.45, 2.75) is 45.4 Å². The summed E-state index contributed by atoms with van der Waals surface area (Å²) in [4.78, 5) is 28.2. The van der Waals surface area contributed by atoms with E-state index in [2.05, 4.69) is 5.32 Å². The fraction of sp³-hybridized carbons (Fsp3) is 0.481. The largest absolute Gasteiger partial charge is 0.496 e. The van der Waals surface area contributed by atoms with Crippen LogP contribution in [0.25, 0.3) is 0 Å². The minimum absolute atomic E-state index is 0.0210. The lowest BCUT2D eigenvalue weighted by molar-refractivity contribution is 0.0517. The number of nitrogens with zero attached hydrogens (tertiary/aromatic N) is 1. The van der Waals surface area contributed by atoms with Crippen LogP contribution >= 0.6 is 0 Å². The summed E-state index contributed by atoms with van der Waals surface area (Å²) in [6.45, 7) is 4.18. The molecule has 33 heavy (non-hydrogen) atoms. The van der Waals surface area contributed by atoms with E-state index in [0.29, 0.717) is 40.8 Å². The Kier molecular flexibility index (Phi) is 7.53. The van der Waals surface area contributed by atoms with E-state index in [1.54, 1.807) is 43.5 Å². The van der Waals surface area contributed by atoms with Crippen LogP contribution in [0.5, 0.6) is 11.5 Å². The number of nitrogens with one attached hydrogen (secondary N) is 1. The third-order valence-corrected chi connectivity index (χ3v) is 6.86. The number of piperidine rings is 1. The van der Waals surface area contributed by atoms with Crippen LogP contribution in [-0.2, 0) is 0 Å². The van der Waals surface area contributed by atoms with E-state index in [9.17, 15) is 9.59 Å². The maximum Gasteiger partial charge on any atom is 0.259 e. The van der Waals surface area contributed by atoms with Crippen molar-refractivity contribution in [1.29, 1.82) is 0 Å². The molecule has 1 saturated carbocycles. The van der Waals surface area contributed by atoms with Gasteiger partial charge >= 0.3 is 0 Å². The quantitative estimate of drug-likeness (QED) is 0.614. The van der Waals surface area contributed by atoms with Crippen LogP contribution in [0.15, 0.2) is 42.5 Å². The summed E-state index contributed by atoms with van der Waals surface area (Å²) < 4.78 is 11.3. The van der Waals surface area contributed by atoms with Crippen molar-refractivity contribution in [1.82, 2.24) is 4.90 Å². The molecule has 1 aliphatic heterocycles. The first-order valence-electron chi connectivity index (χ1n) is 12.1. The van der Waals surface area contributed by atoms with E-state index >= 15 is 0 Å². The van der Waals surface area contributed by atoms with Gasteiger partial charge in [-0.1, -0.05) is 38.3 Å². The van der Waals surface area contributed by atoms with Gasteiger partial charge in [-0.15, -0.1) is 0 Å². The number of rotatable bonds is 7. The van der Waals surface area contributed by atoms with Crippen molar-refractivity contribution in [2.75, 3.05) is 32.1 Å². The number of methoxy groups -OCH3 is 1. The number of anilines is 1. The molecular weight excluding hydrogens is 416 g/mol. The zero-order valence-corrected chi connectivity index (χ0v) is 19.6. The normalized spacial score (nSPS) is 20.0. The highest BCUT2D eigenvalue weighted by molar-refractivity contribution is 6.06. The van der Waals surface area contributed by atoms with Gasteiger partial charge in [0, 0.05) is 24.8 Å². The van der Waals surface area contributed by atoms with Crippen LogP contribution < -0.4 is 14.8 Å².